The summed E-state index contributed by atoms with van der Waals surface area (Å²) in [5.74, 6) is -1.67. The number of aliphatic carboxylic acids is 2. The van der Waals surface area contributed by atoms with E-state index in [1.54, 1.807) is 0 Å². The summed E-state index contributed by atoms with van der Waals surface area (Å²) in [7, 11) is 0. The third kappa shape index (κ3) is 4.35. The number of thioether (sulfide) groups is 1. The van der Waals surface area contributed by atoms with Gasteiger partial charge >= 0.3 is 11.9 Å². The highest BCUT2D eigenvalue weighted by Gasteiger charge is 2.21. The summed E-state index contributed by atoms with van der Waals surface area (Å²) in [6.07, 6.45) is -0.354. The van der Waals surface area contributed by atoms with Gasteiger partial charge in [0.25, 0.3) is 0 Å². The zero-order valence-electron chi connectivity index (χ0n) is 8.50. The molecule has 0 radical (unpaired) electrons. The molecule has 1 atom stereocenters. The van der Waals surface area contributed by atoms with Gasteiger partial charge in [-0.25, -0.2) is 0 Å². The van der Waals surface area contributed by atoms with Crippen LogP contribution in [0.5, 0.6) is 0 Å². The molecule has 0 aromatic heterocycles. The summed E-state index contributed by atoms with van der Waals surface area (Å²) in [5, 5.41) is 16.5. The van der Waals surface area contributed by atoms with Crippen LogP contribution in [0.1, 0.15) is 12.0 Å². The Bertz CT molecular complexity index is 364. The molecule has 0 bridgehead atoms. The number of carboxylic acids is 2. The molecule has 0 heterocycles. The molecular weight excluding hydrogens is 228 g/mol. The Kier molecular flexibility index (Phi) is 4.85. The first-order valence-corrected chi connectivity index (χ1v) is 5.74. The van der Waals surface area contributed by atoms with E-state index < -0.39 is 17.2 Å². The Morgan fingerprint density at radius 2 is 1.81 bits per heavy atom. The quantitative estimate of drug-likeness (QED) is 0.793. The second kappa shape index (κ2) is 6.17. The maximum absolute atomic E-state index is 10.8. The van der Waals surface area contributed by atoms with Crippen LogP contribution < -0.4 is 0 Å². The van der Waals surface area contributed by atoms with Crippen LogP contribution in [0.4, 0.5) is 0 Å². The minimum atomic E-state index is -1.09. The van der Waals surface area contributed by atoms with Crippen LogP contribution in [0, 0.1) is 0 Å². The van der Waals surface area contributed by atoms with E-state index in [4.69, 9.17) is 10.2 Å². The third-order valence-electron chi connectivity index (χ3n) is 1.93. The van der Waals surface area contributed by atoms with Crippen molar-refractivity contribution in [3.05, 3.63) is 35.9 Å². The molecule has 0 saturated carbocycles. The third-order valence-corrected chi connectivity index (χ3v) is 3.20. The average Bonchev–Trinajstić information content (AvgIpc) is 2.25. The zero-order chi connectivity index (χ0) is 12.0. The molecule has 1 aromatic rings. The summed E-state index contributed by atoms with van der Waals surface area (Å²) < 4.78 is 0. The van der Waals surface area contributed by atoms with Crippen molar-refractivity contribution in [2.45, 2.75) is 17.4 Å². The van der Waals surface area contributed by atoms with Crippen molar-refractivity contribution in [3.8, 4) is 0 Å². The average molecular weight is 240 g/mol. The van der Waals surface area contributed by atoms with Crippen LogP contribution in [0.3, 0.4) is 0 Å². The lowest BCUT2D eigenvalue weighted by atomic mass is 10.2. The van der Waals surface area contributed by atoms with Gasteiger partial charge in [0.15, 0.2) is 0 Å². The van der Waals surface area contributed by atoms with E-state index in [9.17, 15) is 9.59 Å². The van der Waals surface area contributed by atoms with Crippen LogP contribution in [-0.4, -0.2) is 27.4 Å². The van der Waals surface area contributed by atoms with Crippen molar-refractivity contribution >= 4 is 23.7 Å². The Morgan fingerprint density at radius 1 is 1.19 bits per heavy atom. The van der Waals surface area contributed by atoms with Gasteiger partial charge in [-0.2, -0.15) is 0 Å². The predicted octanol–water partition coefficient (Wildman–Crippen LogP) is 1.85. The maximum Gasteiger partial charge on any atom is 0.317 e. The fourth-order valence-corrected chi connectivity index (χ4v) is 2.14. The molecule has 0 fully saturated rings. The van der Waals surface area contributed by atoms with E-state index in [1.807, 2.05) is 30.3 Å². The molecular formula is C11H12O4S. The lowest BCUT2D eigenvalue weighted by Crippen LogP contribution is -2.20. The molecule has 0 aliphatic rings. The number of rotatable bonds is 6. The summed E-state index contributed by atoms with van der Waals surface area (Å²) in [4.78, 5) is 21.2. The first-order valence-electron chi connectivity index (χ1n) is 4.69. The minimum Gasteiger partial charge on any atom is -0.481 e. The Hall–Kier alpha value is -1.49. The van der Waals surface area contributed by atoms with E-state index in [2.05, 4.69) is 0 Å². The van der Waals surface area contributed by atoms with Gasteiger partial charge < -0.3 is 10.2 Å². The fraction of sp³-hybridized carbons (Fsp3) is 0.273. The molecule has 5 heteroatoms. The molecule has 4 nitrogen and oxygen atoms in total. The predicted molar refractivity (Wildman–Crippen MR) is 61.4 cm³/mol. The Balaban J connectivity index is 2.50. The van der Waals surface area contributed by atoms with E-state index in [1.165, 1.54) is 0 Å². The van der Waals surface area contributed by atoms with Gasteiger partial charge in [0, 0.05) is 5.75 Å². The van der Waals surface area contributed by atoms with Gasteiger partial charge in [-0.05, 0) is 5.56 Å². The smallest absolute Gasteiger partial charge is 0.317 e. The van der Waals surface area contributed by atoms with E-state index in [0.29, 0.717) is 5.75 Å². The molecule has 0 spiro atoms. The molecule has 1 aromatic carbocycles. The van der Waals surface area contributed by atoms with Crippen molar-refractivity contribution < 1.29 is 19.8 Å². The van der Waals surface area contributed by atoms with Gasteiger partial charge in [0.2, 0.25) is 0 Å². The van der Waals surface area contributed by atoms with Gasteiger partial charge in [-0.3, -0.25) is 9.59 Å². The van der Waals surface area contributed by atoms with Crippen molar-refractivity contribution in [2.24, 2.45) is 0 Å². The van der Waals surface area contributed by atoms with Crippen LogP contribution in [0.2, 0.25) is 0 Å². The Labute approximate surface area is 97.3 Å². The number of carbonyl (C=O) groups is 2. The van der Waals surface area contributed by atoms with E-state index in [-0.39, 0.29) is 6.42 Å². The molecule has 0 saturated heterocycles. The summed E-state index contributed by atoms with van der Waals surface area (Å²) in [6.45, 7) is 0. The van der Waals surface area contributed by atoms with Crippen molar-refractivity contribution in [2.75, 3.05) is 0 Å². The van der Waals surface area contributed by atoms with Crippen LogP contribution in [0.25, 0.3) is 0 Å². The van der Waals surface area contributed by atoms with Crippen molar-refractivity contribution in [3.63, 3.8) is 0 Å². The maximum atomic E-state index is 10.8. The second-order valence-corrected chi connectivity index (χ2v) is 4.41. The topological polar surface area (TPSA) is 74.6 Å². The molecule has 0 aliphatic carbocycles. The lowest BCUT2D eigenvalue weighted by molar-refractivity contribution is -0.142. The molecule has 0 amide bonds. The molecule has 0 unspecified atom stereocenters. The monoisotopic (exact) mass is 240 g/mol. The summed E-state index contributed by atoms with van der Waals surface area (Å²) in [5.41, 5.74) is 0.990. The first-order chi connectivity index (χ1) is 7.59. The molecule has 0 aliphatic heterocycles. The Morgan fingerprint density at radius 3 is 2.31 bits per heavy atom. The zero-order valence-corrected chi connectivity index (χ0v) is 9.31. The second-order valence-electron chi connectivity index (χ2n) is 3.22. The number of hydrogen-bond acceptors (Lipinski definition) is 3. The highest BCUT2D eigenvalue weighted by Crippen LogP contribution is 2.20. The summed E-state index contributed by atoms with van der Waals surface area (Å²) in [6, 6.07) is 9.37. The lowest BCUT2D eigenvalue weighted by Gasteiger charge is -2.09. The SMILES string of the molecule is O=C(O)C[C@H](SCc1ccccc1)C(=O)O. The molecule has 16 heavy (non-hydrogen) atoms. The van der Waals surface area contributed by atoms with E-state index >= 15 is 0 Å². The van der Waals surface area contributed by atoms with Crippen molar-refractivity contribution in [1.29, 1.82) is 0 Å². The van der Waals surface area contributed by atoms with Gasteiger partial charge in [0.05, 0.1) is 6.42 Å². The normalized spacial score (nSPS) is 12.0. The number of benzene rings is 1. The highest BCUT2D eigenvalue weighted by molar-refractivity contribution is 7.99. The summed E-state index contributed by atoms with van der Waals surface area (Å²) >= 11 is 1.13. The molecule has 1 rings (SSSR count). The number of hydrogen-bond donors (Lipinski definition) is 2. The first kappa shape index (κ1) is 12.6. The van der Waals surface area contributed by atoms with Crippen LogP contribution >= 0.6 is 11.8 Å². The van der Waals surface area contributed by atoms with E-state index in [0.717, 1.165) is 17.3 Å². The largest absolute Gasteiger partial charge is 0.481 e. The van der Waals surface area contributed by atoms with Crippen LogP contribution in [-0.2, 0) is 15.3 Å². The van der Waals surface area contributed by atoms with Gasteiger partial charge in [0.1, 0.15) is 5.25 Å². The van der Waals surface area contributed by atoms with Crippen molar-refractivity contribution in [1.82, 2.24) is 0 Å². The number of carboxylic acid groups (broad SMARTS) is 2. The molecule has 2 N–H and O–H groups in total. The van der Waals surface area contributed by atoms with Gasteiger partial charge in [-0.15, -0.1) is 11.8 Å². The standard InChI is InChI=1S/C11H12O4S/c12-10(13)6-9(11(14)15)16-7-8-4-2-1-3-5-8/h1-5,9H,6-7H2,(H,12,13)(H,14,15)/t9-/m0/s1. The van der Waals surface area contributed by atoms with Crippen LogP contribution in [0.15, 0.2) is 30.3 Å². The highest BCUT2D eigenvalue weighted by atomic mass is 32.2. The molecule has 86 valence electrons. The minimum absolute atomic E-state index is 0.354. The fourth-order valence-electron chi connectivity index (χ4n) is 1.15. The van der Waals surface area contributed by atoms with Gasteiger partial charge in [-0.1, -0.05) is 30.3 Å².